The van der Waals surface area contributed by atoms with Gasteiger partial charge >= 0.3 is 0 Å². The fourth-order valence-electron chi connectivity index (χ4n) is 2.30. The highest BCUT2D eigenvalue weighted by molar-refractivity contribution is 7.89. The molecule has 0 aliphatic carbocycles. The van der Waals surface area contributed by atoms with Crippen LogP contribution in [0.25, 0.3) is 0 Å². The summed E-state index contributed by atoms with van der Waals surface area (Å²) in [5, 5.41) is 6.35. The Hall–Kier alpha value is -1.41. The van der Waals surface area contributed by atoms with Crippen molar-refractivity contribution in [2.45, 2.75) is 30.7 Å². The lowest BCUT2D eigenvalue weighted by Crippen LogP contribution is -2.45. The zero-order valence-electron chi connectivity index (χ0n) is 11.3. The summed E-state index contributed by atoms with van der Waals surface area (Å²) in [6.45, 7) is 2.02. The fraction of sp³-hybridized carbons (Fsp3) is 0.636. The summed E-state index contributed by atoms with van der Waals surface area (Å²) in [6, 6.07) is -0.603. The lowest BCUT2D eigenvalue weighted by Gasteiger charge is -2.25. The maximum Gasteiger partial charge on any atom is 0.247 e. The molecule has 2 heterocycles. The van der Waals surface area contributed by atoms with E-state index in [9.17, 15) is 13.2 Å². The molecule has 1 aromatic rings. The molecule has 0 spiro atoms. The van der Waals surface area contributed by atoms with Crippen LogP contribution in [0.4, 0.5) is 0 Å². The molecule has 0 bridgehead atoms. The average Bonchev–Trinajstić information content (AvgIpc) is 2.95. The summed E-state index contributed by atoms with van der Waals surface area (Å²) in [4.78, 5) is 13.6. The van der Waals surface area contributed by atoms with Gasteiger partial charge in [-0.3, -0.25) is 9.89 Å². The molecular weight excluding hydrogens is 268 g/mol. The number of likely N-dealkylation sites (N-methyl/N-ethyl adjacent to an activating group) is 1. The van der Waals surface area contributed by atoms with Crippen LogP contribution in [0, 0.1) is 6.92 Å². The number of carbonyl (C=O) groups excluding carboxylic acids is 1. The van der Waals surface area contributed by atoms with E-state index in [0.717, 1.165) is 0 Å². The van der Waals surface area contributed by atoms with Crippen molar-refractivity contribution < 1.29 is 13.2 Å². The van der Waals surface area contributed by atoms with E-state index in [2.05, 4.69) is 10.2 Å². The summed E-state index contributed by atoms with van der Waals surface area (Å²) < 4.78 is 26.4. The minimum absolute atomic E-state index is 0.144. The van der Waals surface area contributed by atoms with Crippen LogP contribution in [0.2, 0.25) is 0 Å². The quantitative estimate of drug-likeness (QED) is 0.844. The van der Waals surface area contributed by atoms with Crippen LogP contribution >= 0.6 is 0 Å². The fourth-order valence-corrected chi connectivity index (χ4v) is 4.07. The molecular formula is C11H18N4O3S. The minimum atomic E-state index is -3.66. The Kier molecular flexibility index (Phi) is 3.64. The predicted molar refractivity (Wildman–Crippen MR) is 68.9 cm³/mol. The largest absolute Gasteiger partial charge is 0.347 e. The second-order valence-electron chi connectivity index (χ2n) is 4.87. The number of nitrogens with one attached hydrogen (secondary N) is 1. The van der Waals surface area contributed by atoms with Gasteiger partial charge in [0.1, 0.15) is 10.9 Å². The van der Waals surface area contributed by atoms with Crippen molar-refractivity contribution in [2.24, 2.45) is 0 Å². The van der Waals surface area contributed by atoms with E-state index < -0.39 is 16.1 Å². The molecule has 1 aliphatic rings. The molecule has 1 aromatic heterocycles. The molecule has 1 atom stereocenters. The first-order valence-electron chi connectivity index (χ1n) is 6.08. The number of amides is 1. The SMILES string of the molecule is Cc1[nH]ncc1S(=O)(=O)N1CCCC1C(=O)N(C)C. The van der Waals surface area contributed by atoms with Crippen LogP contribution in [-0.4, -0.2) is 60.4 Å². The van der Waals surface area contributed by atoms with Crippen molar-refractivity contribution in [3.63, 3.8) is 0 Å². The topological polar surface area (TPSA) is 86.4 Å². The normalized spacial score (nSPS) is 20.7. The van der Waals surface area contributed by atoms with E-state index in [1.54, 1.807) is 21.0 Å². The van der Waals surface area contributed by atoms with Crippen LogP contribution in [0.15, 0.2) is 11.1 Å². The molecule has 1 N–H and O–H groups in total. The third-order valence-corrected chi connectivity index (χ3v) is 5.32. The van der Waals surface area contributed by atoms with Gasteiger partial charge in [-0.15, -0.1) is 0 Å². The van der Waals surface area contributed by atoms with E-state index in [0.29, 0.717) is 25.1 Å². The molecule has 19 heavy (non-hydrogen) atoms. The van der Waals surface area contributed by atoms with Crippen molar-refractivity contribution in [3.8, 4) is 0 Å². The number of aryl methyl sites for hydroxylation is 1. The Morgan fingerprint density at radius 2 is 2.21 bits per heavy atom. The number of sulfonamides is 1. The summed E-state index contributed by atoms with van der Waals surface area (Å²) >= 11 is 0. The third kappa shape index (κ3) is 2.37. The number of aromatic nitrogens is 2. The van der Waals surface area contributed by atoms with Crippen molar-refractivity contribution in [3.05, 3.63) is 11.9 Å². The highest BCUT2D eigenvalue weighted by Crippen LogP contribution is 2.27. The standard InChI is InChI=1S/C11H18N4O3S/c1-8-10(7-12-13-8)19(17,18)15-6-4-5-9(15)11(16)14(2)3/h7,9H,4-6H2,1-3H3,(H,12,13). The van der Waals surface area contributed by atoms with Crippen LogP contribution in [0.1, 0.15) is 18.5 Å². The zero-order valence-corrected chi connectivity index (χ0v) is 12.1. The van der Waals surface area contributed by atoms with Crippen LogP contribution < -0.4 is 0 Å². The van der Waals surface area contributed by atoms with E-state index in [4.69, 9.17) is 0 Å². The second-order valence-corrected chi connectivity index (χ2v) is 6.72. The van der Waals surface area contributed by atoms with E-state index in [-0.39, 0.29) is 10.8 Å². The molecule has 1 fully saturated rings. The minimum Gasteiger partial charge on any atom is -0.347 e. The third-order valence-electron chi connectivity index (χ3n) is 3.30. The number of hydrogen-bond acceptors (Lipinski definition) is 4. The summed E-state index contributed by atoms with van der Waals surface area (Å²) in [5.74, 6) is -0.178. The first-order chi connectivity index (χ1) is 8.85. The van der Waals surface area contributed by atoms with Crippen LogP contribution in [0.3, 0.4) is 0 Å². The van der Waals surface area contributed by atoms with Gasteiger partial charge in [-0.2, -0.15) is 9.40 Å². The molecule has 106 valence electrons. The van der Waals surface area contributed by atoms with Gasteiger partial charge in [0.2, 0.25) is 15.9 Å². The molecule has 7 nitrogen and oxygen atoms in total. The van der Waals surface area contributed by atoms with E-state index in [1.165, 1.54) is 15.4 Å². The summed E-state index contributed by atoms with van der Waals surface area (Å²) in [6.07, 6.45) is 2.55. The summed E-state index contributed by atoms with van der Waals surface area (Å²) in [5.41, 5.74) is 0.489. The average molecular weight is 286 g/mol. The predicted octanol–water partition coefficient (Wildman–Crippen LogP) is -0.0406. The van der Waals surface area contributed by atoms with E-state index in [1.807, 2.05) is 0 Å². The number of aromatic amines is 1. The van der Waals surface area contributed by atoms with Gasteiger partial charge < -0.3 is 4.90 Å². The highest BCUT2D eigenvalue weighted by Gasteiger charge is 2.40. The first-order valence-corrected chi connectivity index (χ1v) is 7.52. The van der Waals surface area contributed by atoms with E-state index >= 15 is 0 Å². The molecule has 1 aliphatic heterocycles. The number of rotatable bonds is 3. The van der Waals surface area contributed by atoms with Gasteiger partial charge in [0.15, 0.2) is 0 Å². The lowest BCUT2D eigenvalue weighted by molar-refractivity contribution is -0.132. The number of nitrogens with zero attached hydrogens (tertiary/aromatic N) is 3. The highest BCUT2D eigenvalue weighted by atomic mass is 32.2. The van der Waals surface area contributed by atoms with Gasteiger partial charge in [0.05, 0.1) is 11.9 Å². The maximum atomic E-state index is 12.5. The molecule has 2 rings (SSSR count). The molecule has 1 unspecified atom stereocenters. The van der Waals surface area contributed by atoms with Crippen molar-refractivity contribution >= 4 is 15.9 Å². The number of hydrogen-bond donors (Lipinski definition) is 1. The van der Waals surface area contributed by atoms with Gasteiger partial charge in [0, 0.05) is 20.6 Å². The van der Waals surface area contributed by atoms with Gasteiger partial charge in [-0.25, -0.2) is 8.42 Å². The Bertz CT molecular complexity index is 579. The second kappa shape index (κ2) is 4.93. The first kappa shape index (κ1) is 14.0. The molecule has 0 saturated carbocycles. The van der Waals surface area contributed by atoms with Gasteiger partial charge in [-0.05, 0) is 19.8 Å². The Balaban J connectivity index is 2.35. The van der Waals surface area contributed by atoms with Crippen molar-refractivity contribution in [1.82, 2.24) is 19.4 Å². The summed E-state index contributed by atoms with van der Waals surface area (Å²) in [7, 11) is -0.395. The molecule has 0 radical (unpaired) electrons. The van der Waals surface area contributed by atoms with Crippen LogP contribution in [-0.2, 0) is 14.8 Å². The van der Waals surface area contributed by atoms with Crippen LogP contribution in [0.5, 0.6) is 0 Å². The molecule has 1 saturated heterocycles. The molecule has 1 amide bonds. The Labute approximate surface area is 112 Å². The van der Waals surface area contributed by atoms with Crippen molar-refractivity contribution in [2.75, 3.05) is 20.6 Å². The maximum absolute atomic E-state index is 12.5. The smallest absolute Gasteiger partial charge is 0.247 e. The Morgan fingerprint density at radius 1 is 1.53 bits per heavy atom. The van der Waals surface area contributed by atoms with Gasteiger partial charge in [-0.1, -0.05) is 0 Å². The van der Waals surface area contributed by atoms with Gasteiger partial charge in [0.25, 0.3) is 0 Å². The zero-order chi connectivity index (χ0) is 14.2. The molecule has 8 heteroatoms. The monoisotopic (exact) mass is 286 g/mol. The number of carbonyl (C=O) groups is 1. The molecule has 0 aromatic carbocycles. The lowest BCUT2D eigenvalue weighted by atomic mass is 10.2. The number of H-pyrrole nitrogens is 1. The Morgan fingerprint density at radius 3 is 2.74 bits per heavy atom. The van der Waals surface area contributed by atoms with Crippen molar-refractivity contribution in [1.29, 1.82) is 0 Å².